The van der Waals surface area contributed by atoms with Crippen molar-refractivity contribution in [3.8, 4) is 0 Å². The second-order valence-electron chi connectivity index (χ2n) is 6.14. The van der Waals surface area contributed by atoms with Gasteiger partial charge in [0.05, 0.1) is 6.42 Å². The van der Waals surface area contributed by atoms with Gasteiger partial charge in [-0.3, -0.25) is 9.59 Å². The predicted molar refractivity (Wildman–Crippen MR) is 73.9 cm³/mol. The second-order valence-corrected chi connectivity index (χ2v) is 6.14. The van der Waals surface area contributed by atoms with E-state index in [1.54, 1.807) is 13.0 Å². The van der Waals surface area contributed by atoms with Crippen molar-refractivity contribution in [3.63, 3.8) is 0 Å². The zero-order valence-corrected chi connectivity index (χ0v) is 12.6. The van der Waals surface area contributed by atoms with Gasteiger partial charge >= 0.3 is 12.1 Å². The van der Waals surface area contributed by atoms with Gasteiger partial charge in [-0.15, -0.1) is 0 Å². The Kier molecular flexibility index (Phi) is 5.29. The average Bonchev–Trinajstić information content (AvgIpc) is 2.94. The molecule has 22 heavy (non-hydrogen) atoms. The van der Waals surface area contributed by atoms with Gasteiger partial charge in [0.2, 0.25) is 0 Å². The van der Waals surface area contributed by atoms with Gasteiger partial charge in [-0.25, -0.2) is 0 Å². The van der Waals surface area contributed by atoms with Crippen LogP contribution < -0.4 is 0 Å². The van der Waals surface area contributed by atoms with E-state index >= 15 is 0 Å². The van der Waals surface area contributed by atoms with Crippen LogP contribution in [0.5, 0.6) is 0 Å². The summed E-state index contributed by atoms with van der Waals surface area (Å²) in [6.07, 6.45) is 0.597. The Labute approximate surface area is 127 Å². The van der Waals surface area contributed by atoms with Crippen LogP contribution in [0.25, 0.3) is 0 Å². The first-order valence-corrected chi connectivity index (χ1v) is 7.81. The number of allylic oxidation sites excluding steroid dienone is 2. The quantitative estimate of drug-likeness (QED) is 0.552. The normalized spacial score (nSPS) is 29.6. The van der Waals surface area contributed by atoms with Crippen molar-refractivity contribution < 1.29 is 27.5 Å². The van der Waals surface area contributed by atoms with E-state index in [0.29, 0.717) is 19.3 Å². The molecular formula is C16H21F3O3. The molecule has 4 atom stereocenters. The first-order valence-electron chi connectivity index (χ1n) is 7.81. The highest BCUT2D eigenvalue weighted by Crippen LogP contribution is 2.42. The van der Waals surface area contributed by atoms with Crippen molar-refractivity contribution in [1.82, 2.24) is 0 Å². The summed E-state index contributed by atoms with van der Waals surface area (Å²) in [5.41, 5.74) is 0. The molecule has 0 aromatic heterocycles. The molecule has 3 nitrogen and oxygen atoms in total. The third-order valence-corrected chi connectivity index (χ3v) is 4.59. The summed E-state index contributed by atoms with van der Waals surface area (Å²) in [5, 5.41) is 0. The smallest absolute Gasteiger partial charge is 0.398 e. The molecule has 1 heterocycles. The first kappa shape index (κ1) is 17.0. The molecule has 0 spiro atoms. The van der Waals surface area contributed by atoms with Gasteiger partial charge in [-0.2, -0.15) is 13.2 Å². The fourth-order valence-electron chi connectivity index (χ4n) is 3.35. The zero-order chi connectivity index (χ0) is 16.3. The molecular weight excluding hydrogens is 297 g/mol. The molecule has 0 aromatic carbocycles. The summed E-state index contributed by atoms with van der Waals surface area (Å²) in [4.78, 5) is 23.1. The van der Waals surface area contributed by atoms with Gasteiger partial charge in [0.25, 0.3) is 0 Å². The van der Waals surface area contributed by atoms with Crippen LogP contribution in [0, 0.1) is 17.8 Å². The third kappa shape index (κ3) is 3.90. The van der Waals surface area contributed by atoms with Crippen LogP contribution in [0.15, 0.2) is 12.2 Å². The Morgan fingerprint density at radius 1 is 1.41 bits per heavy atom. The Bertz CT molecular complexity index is 456. The number of hydrogen-bond acceptors (Lipinski definition) is 3. The molecule has 2 aliphatic rings. The largest absolute Gasteiger partial charge is 0.462 e. The first-order chi connectivity index (χ1) is 10.3. The number of rotatable bonds is 6. The zero-order valence-electron chi connectivity index (χ0n) is 12.6. The molecule has 1 aliphatic carbocycles. The van der Waals surface area contributed by atoms with E-state index in [9.17, 15) is 22.8 Å². The lowest BCUT2D eigenvalue weighted by molar-refractivity contribution is -0.180. The Morgan fingerprint density at radius 3 is 2.77 bits per heavy atom. The molecule has 2 fully saturated rings. The number of carbonyl (C=O) groups excluding carboxylic acids is 2. The van der Waals surface area contributed by atoms with Gasteiger partial charge in [-0.1, -0.05) is 25.8 Å². The molecule has 4 unspecified atom stereocenters. The lowest BCUT2D eigenvalue weighted by Gasteiger charge is -2.17. The van der Waals surface area contributed by atoms with Crippen LogP contribution in [-0.4, -0.2) is 24.0 Å². The summed E-state index contributed by atoms with van der Waals surface area (Å²) in [5.74, 6) is -3.08. The van der Waals surface area contributed by atoms with Crippen molar-refractivity contribution in [1.29, 1.82) is 0 Å². The molecule has 1 saturated carbocycles. The molecule has 124 valence electrons. The van der Waals surface area contributed by atoms with Crippen molar-refractivity contribution >= 4 is 11.8 Å². The topological polar surface area (TPSA) is 43.4 Å². The summed E-state index contributed by atoms with van der Waals surface area (Å²) in [6, 6.07) is 0. The van der Waals surface area contributed by atoms with Crippen molar-refractivity contribution in [3.05, 3.63) is 12.2 Å². The maximum absolute atomic E-state index is 12.9. The minimum Gasteiger partial charge on any atom is -0.462 e. The van der Waals surface area contributed by atoms with Gasteiger partial charge in [0.1, 0.15) is 12.0 Å². The van der Waals surface area contributed by atoms with E-state index in [2.05, 4.69) is 0 Å². The van der Waals surface area contributed by atoms with Crippen molar-refractivity contribution in [2.45, 2.75) is 57.7 Å². The molecule has 0 amide bonds. The summed E-state index contributed by atoms with van der Waals surface area (Å²) in [7, 11) is 0. The van der Waals surface area contributed by atoms with E-state index in [0.717, 1.165) is 18.9 Å². The molecule has 1 aliphatic heterocycles. The highest BCUT2D eigenvalue weighted by atomic mass is 19.4. The number of unbranched alkanes of at least 4 members (excludes halogenated alkanes) is 1. The second kappa shape index (κ2) is 6.84. The SMILES string of the molecule is CCCCC(C(=O)/C=C/C1CCC2OC(=O)CC12)C(F)(F)F. The number of halogens is 3. The van der Waals surface area contributed by atoms with E-state index < -0.39 is 17.9 Å². The molecule has 0 N–H and O–H groups in total. The highest BCUT2D eigenvalue weighted by Gasteiger charge is 2.45. The lowest BCUT2D eigenvalue weighted by Crippen LogP contribution is -2.29. The van der Waals surface area contributed by atoms with Crippen molar-refractivity contribution in [2.24, 2.45) is 17.8 Å². The van der Waals surface area contributed by atoms with E-state index in [4.69, 9.17) is 4.74 Å². The Morgan fingerprint density at radius 2 is 2.14 bits per heavy atom. The van der Waals surface area contributed by atoms with Crippen LogP contribution in [0.2, 0.25) is 0 Å². The summed E-state index contributed by atoms with van der Waals surface area (Å²) >= 11 is 0. The number of ketones is 1. The van der Waals surface area contributed by atoms with E-state index in [1.165, 1.54) is 0 Å². The molecule has 0 aromatic rings. The maximum Gasteiger partial charge on any atom is 0.398 e. The molecule has 6 heteroatoms. The minimum atomic E-state index is -4.50. The number of esters is 1. The lowest BCUT2D eigenvalue weighted by atomic mass is 9.91. The number of carbonyl (C=O) groups is 2. The van der Waals surface area contributed by atoms with Crippen LogP contribution in [0.3, 0.4) is 0 Å². The Hall–Kier alpha value is -1.33. The van der Waals surface area contributed by atoms with Gasteiger partial charge in [0, 0.05) is 5.92 Å². The minimum absolute atomic E-state index is 0.0107. The fraction of sp³-hybridized carbons (Fsp3) is 0.750. The van der Waals surface area contributed by atoms with Gasteiger partial charge in [-0.05, 0) is 31.3 Å². The van der Waals surface area contributed by atoms with Crippen LogP contribution >= 0.6 is 0 Å². The number of fused-ring (bicyclic) bond motifs is 1. The average molecular weight is 318 g/mol. The van der Waals surface area contributed by atoms with E-state index in [-0.39, 0.29) is 30.3 Å². The van der Waals surface area contributed by atoms with Gasteiger partial charge < -0.3 is 4.74 Å². The maximum atomic E-state index is 12.9. The van der Waals surface area contributed by atoms with Crippen LogP contribution in [0.4, 0.5) is 13.2 Å². The monoisotopic (exact) mass is 318 g/mol. The summed E-state index contributed by atoms with van der Waals surface area (Å²) < 4.78 is 44.0. The molecule has 0 radical (unpaired) electrons. The third-order valence-electron chi connectivity index (χ3n) is 4.59. The van der Waals surface area contributed by atoms with Crippen LogP contribution in [0.1, 0.15) is 45.4 Å². The number of hydrogen-bond donors (Lipinski definition) is 0. The van der Waals surface area contributed by atoms with Crippen LogP contribution in [-0.2, 0) is 14.3 Å². The molecule has 1 saturated heterocycles. The fourth-order valence-corrected chi connectivity index (χ4v) is 3.35. The molecule has 0 bridgehead atoms. The van der Waals surface area contributed by atoms with E-state index in [1.807, 2.05) is 0 Å². The summed E-state index contributed by atoms with van der Waals surface area (Å²) in [6.45, 7) is 1.80. The molecule has 2 rings (SSSR count). The van der Waals surface area contributed by atoms with Crippen molar-refractivity contribution in [2.75, 3.05) is 0 Å². The highest BCUT2D eigenvalue weighted by molar-refractivity contribution is 5.92. The standard InChI is InChI=1S/C16H21F3O3/c1-2-3-4-12(16(17,18)19)13(20)7-5-10-6-8-14-11(10)9-15(21)22-14/h5,7,10-12,14H,2-4,6,8-9H2,1H3/b7-5+. The predicted octanol–water partition coefficient (Wildman–Crippen LogP) is 3.82. The Balaban J connectivity index is 1.98. The number of ether oxygens (including phenoxy) is 1. The van der Waals surface area contributed by atoms with Gasteiger partial charge in [0.15, 0.2) is 5.78 Å². The number of alkyl halides is 3.